The fourth-order valence-electron chi connectivity index (χ4n) is 3.10. The minimum Gasteiger partial charge on any atom is -0.0798 e. The summed E-state index contributed by atoms with van der Waals surface area (Å²) >= 11 is 0. The van der Waals surface area contributed by atoms with Gasteiger partial charge >= 0.3 is 0 Å². The van der Waals surface area contributed by atoms with Gasteiger partial charge in [0.15, 0.2) is 0 Å². The van der Waals surface area contributed by atoms with Crippen molar-refractivity contribution in [1.82, 2.24) is 0 Å². The van der Waals surface area contributed by atoms with Crippen LogP contribution in [0.5, 0.6) is 0 Å². The minimum atomic E-state index is 0.146. The Kier molecular flexibility index (Phi) is 5.13. The molecule has 0 unspecified atom stereocenters. The minimum absolute atomic E-state index is 0.146. The summed E-state index contributed by atoms with van der Waals surface area (Å²) in [5.74, 6) is 0. The lowest BCUT2D eigenvalue weighted by molar-refractivity contribution is 0.504. The molecule has 0 aliphatic carbocycles. The highest BCUT2D eigenvalue weighted by Crippen LogP contribution is 2.28. The molecule has 0 saturated carbocycles. The van der Waals surface area contributed by atoms with Crippen LogP contribution in [-0.2, 0) is 0 Å². The van der Waals surface area contributed by atoms with Gasteiger partial charge in [-0.2, -0.15) is 0 Å². The first-order valence-corrected chi connectivity index (χ1v) is 9.34. The summed E-state index contributed by atoms with van der Waals surface area (Å²) in [4.78, 5) is 0. The number of fused-ring (bicyclic) bond motifs is 1. The predicted molar refractivity (Wildman–Crippen MR) is 116 cm³/mol. The molecule has 3 rings (SSSR count). The van der Waals surface area contributed by atoms with Crippen LogP contribution in [0, 0.1) is 5.41 Å². The SMILES string of the molecule is C\C=c1/cccc/c1=C(/C=C(\C)C(C)(C)C)c1ccc2ccccc2c1. The average Bonchev–Trinajstić information content (AvgIpc) is 2.64. The van der Waals surface area contributed by atoms with Crippen LogP contribution in [0.4, 0.5) is 0 Å². The molecule has 3 aromatic carbocycles. The monoisotopic (exact) mass is 340 g/mol. The lowest BCUT2D eigenvalue weighted by Crippen LogP contribution is -2.26. The molecule has 0 atom stereocenters. The summed E-state index contributed by atoms with van der Waals surface area (Å²) in [6.07, 6.45) is 4.56. The molecule has 132 valence electrons. The summed E-state index contributed by atoms with van der Waals surface area (Å²) in [5, 5.41) is 5.12. The lowest BCUT2D eigenvalue weighted by atomic mass is 9.85. The van der Waals surface area contributed by atoms with E-state index >= 15 is 0 Å². The Morgan fingerprint density at radius 3 is 2.15 bits per heavy atom. The smallest absolute Gasteiger partial charge is 0.0106 e. The highest BCUT2D eigenvalue weighted by Gasteiger charge is 2.14. The molecular weight excluding hydrogens is 312 g/mol. The van der Waals surface area contributed by atoms with E-state index in [1.807, 2.05) is 0 Å². The summed E-state index contributed by atoms with van der Waals surface area (Å²) in [5.41, 5.74) is 4.08. The van der Waals surface area contributed by atoms with Crippen molar-refractivity contribution in [3.63, 3.8) is 0 Å². The molecule has 0 aromatic heterocycles. The number of allylic oxidation sites excluding steroid dienone is 2. The van der Waals surface area contributed by atoms with Crippen LogP contribution in [-0.4, -0.2) is 0 Å². The molecule has 0 radical (unpaired) electrons. The number of benzene rings is 3. The van der Waals surface area contributed by atoms with Crippen LogP contribution >= 0.6 is 0 Å². The third kappa shape index (κ3) is 3.80. The maximum absolute atomic E-state index is 2.37. The van der Waals surface area contributed by atoms with Gasteiger partial charge < -0.3 is 0 Å². The molecule has 0 N–H and O–H groups in total. The highest BCUT2D eigenvalue weighted by molar-refractivity contribution is 5.88. The molecule has 26 heavy (non-hydrogen) atoms. The second kappa shape index (κ2) is 7.33. The van der Waals surface area contributed by atoms with Gasteiger partial charge in [-0.1, -0.05) is 99.2 Å². The Morgan fingerprint density at radius 2 is 1.46 bits per heavy atom. The van der Waals surface area contributed by atoms with Crippen LogP contribution in [0.2, 0.25) is 0 Å². The number of rotatable bonds is 2. The van der Waals surface area contributed by atoms with Gasteiger partial charge in [0.1, 0.15) is 0 Å². The average molecular weight is 341 g/mol. The Balaban J connectivity index is 2.38. The largest absolute Gasteiger partial charge is 0.0798 e. The number of hydrogen-bond donors (Lipinski definition) is 0. The molecule has 0 aliphatic rings. The molecular formula is C26H28. The van der Waals surface area contributed by atoms with E-state index in [1.165, 1.54) is 37.9 Å². The Labute approximate surface area is 157 Å². The van der Waals surface area contributed by atoms with E-state index in [-0.39, 0.29) is 5.41 Å². The normalized spacial score (nSPS) is 14.7. The molecule has 0 aliphatic heterocycles. The first-order chi connectivity index (χ1) is 12.4. The van der Waals surface area contributed by atoms with Crippen molar-refractivity contribution in [2.45, 2.75) is 34.6 Å². The van der Waals surface area contributed by atoms with Crippen LogP contribution in [0.15, 0.2) is 78.4 Å². The van der Waals surface area contributed by atoms with Crippen LogP contribution < -0.4 is 10.4 Å². The molecule has 0 heterocycles. The maximum atomic E-state index is 2.37. The van der Waals surface area contributed by atoms with Gasteiger partial charge in [-0.3, -0.25) is 0 Å². The van der Waals surface area contributed by atoms with Crippen LogP contribution in [0.1, 0.15) is 40.2 Å². The Morgan fingerprint density at radius 1 is 0.808 bits per heavy atom. The molecule has 0 spiro atoms. The third-order valence-corrected chi connectivity index (χ3v) is 5.17. The Bertz CT molecular complexity index is 1070. The van der Waals surface area contributed by atoms with Gasteiger partial charge in [-0.15, -0.1) is 0 Å². The van der Waals surface area contributed by atoms with Gasteiger partial charge in [0.25, 0.3) is 0 Å². The predicted octanol–water partition coefficient (Wildman–Crippen LogP) is 5.83. The summed E-state index contributed by atoms with van der Waals surface area (Å²) in [6.45, 7) is 11.2. The van der Waals surface area contributed by atoms with Crippen molar-refractivity contribution in [3.8, 4) is 0 Å². The van der Waals surface area contributed by atoms with Gasteiger partial charge in [0.2, 0.25) is 0 Å². The van der Waals surface area contributed by atoms with E-state index in [4.69, 9.17) is 0 Å². The van der Waals surface area contributed by atoms with E-state index in [0.717, 1.165) is 0 Å². The second-order valence-corrected chi connectivity index (χ2v) is 7.93. The van der Waals surface area contributed by atoms with E-state index in [0.29, 0.717) is 0 Å². The standard InChI is InChI=1S/C26H28/c1-6-20-11-9-10-14-24(20)25(17-19(2)26(3,4)5)23-16-15-21-12-7-8-13-22(21)18-23/h6-18H,1-5H3/b19-17+,20-6+,25-24+. The van der Waals surface area contributed by atoms with Crippen molar-refractivity contribution in [1.29, 1.82) is 0 Å². The molecule has 3 aromatic rings. The van der Waals surface area contributed by atoms with Crippen molar-refractivity contribution < 1.29 is 0 Å². The first-order valence-electron chi connectivity index (χ1n) is 9.34. The maximum Gasteiger partial charge on any atom is -0.0106 e. The first kappa shape index (κ1) is 18.2. The van der Waals surface area contributed by atoms with Crippen LogP contribution in [0.3, 0.4) is 0 Å². The molecule has 0 amide bonds. The number of hydrogen-bond acceptors (Lipinski definition) is 0. The van der Waals surface area contributed by atoms with Crippen molar-refractivity contribution in [2.24, 2.45) is 5.41 Å². The van der Waals surface area contributed by atoms with Crippen molar-refractivity contribution in [3.05, 3.63) is 94.4 Å². The van der Waals surface area contributed by atoms with E-state index < -0.39 is 0 Å². The topological polar surface area (TPSA) is 0 Å². The van der Waals surface area contributed by atoms with Crippen molar-refractivity contribution in [2.75, 3.05) is 0 Å². The summed E-state index contributed by atoms with van der Waals surface area (Å²) < 4.78 is 0. The molecule has 0 saturated heterocycles. The summed E-state index contributed by atoms with van der Waals surface area (Å²) in [7, 11) is 0. The van der Waals surface area contributed by atoms with Gasteiger partial charge in [0, 0.05) is 0 Å². The van der Waals surface area contributed by atoms with Crippen LogP contribution in [0.25, 0.3) is 22.4 Å². The van der Waals surface area contributed by atoms with E-state index in [1.54, 1.807) is 0 Å². The molecule has 0 nitrogen and oxygen atoms in total. The lowest BCUT2D eigenvalue weighted by Gasteiger charge is -2.20. The summed E-state index contributed by atoms with van der Waals surface area (Å²) in [6, 6.07) is 24.0. The van der Waals surface area contributed by atoms with Gasteiger partial charge in [0.05, 0.1) is 0 Å². The van der Waals surface area contributed by atoms with E-state index in [9.17, 15) is 0 Å². The fraction of sp³-hybridized carbons (Fsp3) is 0.231. The quantitative estimate of drug-likeness (QED) is 0.550. The zero-order valence-electron chi connectivity index (χ0n) is 16.5. The van der Waals surface area contributed by atoms with E-state index in [2.05, 4.69) is 114 Å². The molecule has 0 bridgehead atoms. The molecule has 0 heteroatoms. The van der Waals surface area contributed by atoms with Crippen molar-refractivity contribution >= 4 is 22.4 Å². The zero-order chi connectivity index (χ0) is 18.7. The Hall–Kier alpha value is -2.60. The van der Waals surface area contributed by atoms with Gasteiger partial charge in [-0.05, 0) is 57.7 Å². The highest BCUT2D eigenvalue weighted by atomic mass is 14.2. The second-order valence-electron chi connectivity index (χ2n) is 7.93. The molecule has 0 fully saturated rings. The third-order valence-electron chi connectivity index (χ3n) is 5.17. The zero-order valence-corrected chi connectivity index (χ0v) is 16.5. The van der Waals surface area contributed by atoms with Gasteiger partial charge in [-0.25, -0.2) is 0 Å². The fourth-order valence-corrected chi connectivity index (χ4v) is 3.10.